The average Bonchev–Trinajstić information content (AvgIpc) is 3.81. The fourth-order valence-electron chi connectivity index (χ4n) is 10.6. The Morgan fingerprint density at radius 3 is 1.65 bits per heavy atom. The standard InChI is InChI=1S/C59H82N8O8.2ClH/c1-35(60-9)52(70)65-50(58(3,4)5)56(74)64-46(54(72)62-44-27-16-21-38-19-11-13-25-42(38)44)29-18-30-48(68)40-23-15-24-41(33-40)49(69)32-37-31-47(55(73)63-45-28-17-22-39-20-12-14-26-43(39)45)67(34-37)57(75)51(59(6,7)8)66-53(71)36(2)61-10;;/h11-15,19-20,23-26,33,35-37,44-47,50-51,60-61H,16-18,21-22,27-32,34H2,1-10H3,(H,62,72)(H,63,73)(H,64,74)(H,65,70)(H,66,71);2*1H/t35-,36-,37+,44+,45+,46-,47-,50+,51+;;/m0../s1. The number of aryl methyl sites for hydroxylation is 2. The molecule has 1 heterocycles. The number of likely N-dealkylation sites (N-methyl/N-ethyl adjacent to an activating group) is 2. The van der Waals surface area contributed by atoms with Gasteiger partial charge in [-0.15, -0.1) is 24.8 Å². The number of ketones is 2. The zero-order valence-electron chi connectivity index (χ0n) is 46.6. The Kier molecular flexibility index (Phi) is 23.4. The second kappa shape index (κ2) is 28.3. The summed E-state index contributed by atoms with van der Waals surface area (Å²) in [7, 11) is 3.32. The van der Waals surface area contributed by atoms with E-state index in [4.69, 9.17) is 0 Å². The lowest BCUT2D eigenvalue weighted by Gasteiger charge is -2.36. The molecule has 1 saturated heterocycles. The SMILES string of the molecule is CN[C@@H](C)C(=O)N[C@H](C(=O)N[C@@H](CCCC(=O)c1cccc(C(=O)C[C@H]2C[C@@H](C(=O)N[C@@H]3CCCc4ccccc43)N(C(=O)[C@@H](NC(=O)[C@H](C)NC)C(C)(C)C)C2)c1)C(=O)N[C@@H]1CCCc2ccccc21)C(C)(C)C.Cl.Cl. The maximum absolute atomic E-state index is 14.7. The molecule has 7 N–H and O–H groups in total. The van der Waals surface area contributed by atoms with E-state index < -0.39 is 64.8 Å². The van der Waals surface area contributed by atoms with E-state index in [1.165, 1.54) is 10.5 Å². The van der Waals surface area contributed by atoms with Crippen LogP contribution in [-0.2, 0) is 41.6 Å². The lowest BCUT2D eigenvalue weighted by molar-refractivity contribution is -0.144. The number of carbonyl (C=O) groups is 8. The van der Waals surface area contributed by atoms with Crippen LogP contribution >= 0.6 is 24.8 Å². The highest BCUT2D eigenvalue weighted by Gasteiger charge is 2.46. The number of hydrogen-bond acceptors (Lipinski definition) is 10. The van der Waals surface area contributed by atoms with Crippen molar-refractivity contribution in [1.29, 1.82) is 0 Å². The summed E-state index contributed by atoms with van der Waals surface area (Å²) in [6.45, 7) is 14.6. The smallest absolute Gasteiger partial charge is 0.246 e. The van der Waals surface area contributed by atoms with Gasteiger partial charge in [0.05, 0.1) is 24.2 Å². The van der Waals surface area contributed by atoms with E-state index in [1.807, 2.05) is 77.9 Å². The van der Waals surface area contributed by atoms with Crippen LogP contribution in [0.1, 0.15) is 168 Å². The Balaban J connectivity index is 0.00000640. The van der Waals surface area contributed by atoms with E-state index in [9.17, 15) is 38.4 Å². The molecule has 0 unspecified atom stereocenters. The number of Topliss-reactive ketones (excluding diaryl/α,β-unsaturated/α-hetero) is 2. The molecule has 0 radical (unpaired) electrons. The molecule has 0 saturated carbocycles. The van der Waals surface area contributed by atoms with E-state index in [2.05, 4.69) is 49.4 Å². The molecule has 6 amide bonds. The number of rotatable bonds is 21. The lowest BCUT2D eigenvalue weighted by Crippen LogP contribution is -2.59. The summed E-state index contributed by atoms with van der Waals surface area (Å²) >= 11 is 0. The van der Waals surface area contributed by atoms with Crippen molar-refractivity contribution in [2.75, 3.05) is 20.6 Å². The molecule has 77 heavy (non-hydrogen) atoms. The van der Waals surface area contributed by atoms with Gasteiger partial charge >= 0.3 is 0 Å². The highest BCUT2D eigenvalue weighted by Crippen LogP contribution is 2.35. The van der Waals surface area contributed by atoms with Gasteiger partial charge in [0.15, 0.2) is 11.6 Å². The predicted molar refractivity (Wildman–Crippen MR) is 304 cm³/mol. The monoisotopic (exact) mass is 1100 g/mol. The second-order valence-corrected chi connectivity index (χ2v) is 23.1. The number of fused-ring (bicyclic) bond motifs is 2. The maximum Gasteiger partial charge on any atom is 0.246 e. The summed E-state index contributed by atoms with van der Waals surface area (Å²) in [5, 5.41) is 21.0. The van der Waals surface area contributed by atoms with Crippen LogP contribution in [0.25, 0.3) is 0 Å². The van der Waals surface area contributed by atoms with Crippen LogP contribution < -0.4 is 37.2 Å². The van der Waals surface area contributed by atoms with Gasteiger partial charge < -0.3 is 42.1 Å². The minimum Gasteiger partial charge on any atom is -0.348 e. The highest BCUT2D eigenvalue weighted by atomic mass is 35.5. The molecule has 0 aromatic heterocycles. The fraction of sp³-hybridized carbons (Fsp3) is 0.559. The van der Waals surface area contributed by atoms with Crippen molar-refractivity contribution in [3.8, 4) is 0 Å². The molecule has 6 rings (SSSR count). The van der Waals surface area contributed by atoms with Crippen molar-refractivity contribution in [3.63, 3.8) is 0 Å². The fourth-order valence-corrected chi connectivity index (χ4v) is 10.6. The van der Waals surface area contributed by atoms with Crippen molar-refractivity contribution in [2.24, 2.45) is 16.7 Å². The first-order valence-corrected chi connectivity index (χ1v) is 27.0. The zero-order valence-corrected chi connectivity index (χ0v) is 48.3. The largest absolute Gasteiger partial charge is 0.348 e. The van der Waals surface area contributed by atoms with Gasteiger partial charge in [0.25, 0.3) is 0 Å². The van der Waals surface area contributed by atoms with Crippen LogP contribution in [0, 0.1) is 16.7 Å². The molecule has 1 fully saturated rings. The van der Waals surface area contributed by atoms with E-state index in [0.717, 1.165) is 55.2 Å². The Labute approximate surface area is 468 Å². The molecule has 18 heteroatoms. The van der Waals surface area contributed by atoms with Gasteiger partial charge in [0.1, 0.15) is 24.2 Å². The summed E-state index contributed by atoms with van der Waals surface area (Å²) in [6, 6.07) is 17.1. The van der Waals surface area contributed by atoms with Crippen molar-refractivity contribution < 1.29 is 38.4 Å². The van der Waals surface area contributed by atoms with Gasteiger partial charge in [-0.25, -0.2) is 0 Å². The molecular formula is C59H84Cl2N8O8. The quantitative estimate of drug-likeness (QED) is 0.0552. The number of likely N-dealkylation sites (tertiary alicyclic amines) is 1. The second-order valence-electron chi connectivity index (χ2n) is 23.1. The number of hydrogen-bond donors (Lipinski definition) is 7. The van der Waals surface area contributed by atoms with Gasteiger partial charge in [-0.3, -0.25) is 38.4 Å². The van der Waals surface area contributed by atoms with Crippen LogP contribution in [0.15, 0.2) is 72.8 Å². The third-order valence-electron chi connectivity index (χ3n) is 15.3. The van der Waals surface area contributed by atoms with E-state index >= 15 is 0 Å². The van der Waals surface area contributed by atoms with Crippen LogP contribution in [-0.4, -0.2) is 109 Å². The molecule has 2 aliphatic carbocycles. The summed E-state index contributed by atoms with van der Waals surface area (Å²) in [5.74, 6) is -3.23. The van der Waals surface area contributed by atoms with Crippen LogP contribution in [0.5, 0.6) is 0 Å². The minimum absolute atomic E-state index is 0. The van der Waals surface area contributed by atoms with Crippen LogP contribution in [0.2, 0.25) is 0 Å². The average molecular weight is 1100 g/mol. The molecule has 3 aliphatic rings. The highest BCUT2D eigenvalue weighted by molar-refractivity contribution is 6.02. The Morgan fingerprint density at radius 2 is 1.12 bits per heavy atom. The number of halogens is 2. The van der Waals surface area contributed by atoms with Gasteiger partial charge in [0.2, 0.25) is 35.4 Å². The van der Waals surface area contributed by atoms with Crippen LogP contribution in [0.3, 0.4) is 0 Å². The number of benzene rings is 3. The molecule has 0 spiro atoms. The predicted octanol–water partition coefficient (Wildman–Crippen LogP) is 6.82. The maximum atomic E-state index is 14.7. The van der Waals surface area contributed by atoms with Crippen molar-refractivity contribution >= 4 is 71.8 Å². The minimum atomic E-state index is -1.02. The summed E-state index contributed by atoms with van der Waals surface area (Å²) < 4.78 is 0. The molecule has 422 valence electrons. The topological polar surface area (TPSA) is 224 Å². The third kappa shape index (κ3) is 16.7. The summed E-state index contributed by atoms with van der Waals surface area (Å²) in [5.41, 5.74) is 3.63. The third-order valence-corrected chi connectivity index (χ3v) is 15.3. The summed E-state index contributed by atoms with van der Waals surface area (Å²) in [6.07, 6.45) is 5.70. The van der Waals surface area contributed by atoms with Gasteiger partial charge in [-0.2, -0.15) is 0 Å². The van der Waals surface area contributed by atoms with Gasteiger partial charge in [-0.05, 0) is 131 Å². The Hall–Kier alpha value is -5.68. The first-order chi connectivity index (χ1) is 35.5. The molecule has 0 bridgehead atoms. The Bertz CT molecular complexity index is 2580. The van der Waals surface area contributed by atoms with E-state index in [1.54, 1.807) is 52.2 Å². The van der Waals surface area contributed by atoms with Crippen molar-refractivity contribution in [3.05, 3.63) is 106 Å². The van der Waals surface area contributed by atoms with Gasteiger partial charge in [-0.1, -0.05) is 108 Å². The number of amides is 6. The van der Waals surface area contributed by atoms with Crippen LogP contribution in [0.4, 0.5) is 0 Å². The molecule has 9 atom stereocenters. The first-order valence-electron chi connectivity index (χ1n) is 27.0. The molecule has 16 nitrogen and oxygen atoms in total. The molecule has 3 aromatic carbocycles. The first kappa shape index (κ1) is 63.8. The van der Waals surface area contributed by atoms with Crippen molar-refractivity contribution in [1.82, 2.24) is 42.1 Å². The van der Waals surface area contributed by atoms with Crippen molar-refractivity contribution in [2.45, 2.75) is 174 Å². The molecule has 1 aliphatic heterocycles. The lowest BCUT2D eigenvalue weighted by atomic mass is 9.85. The summed E-state index contributed by atoms with van der Waals surface area (Å²) in [4.78, 5) is 113. The number of carbonyl (C=O) groups excluding carboxylic acids is 8. The number of nitrogens with zero attached hydrogens (tertiary/aromatic N) is 1. The van der Waals surface area contributed by atoms with E-state index in [-0.39, 0.29) is 111 Å². The Morgan fingerprint density at radius 1 is 0.610 bits per heavy atom. The normalized spacial score (nSPS) is 19.9. The molecule has 3 aromatic rings. The number of nitrogens with one attached hydrogen (secondary N) is 7. The van der Waals surface area contributed by atoms with Gasteiger partial charge in [0, 0.05) is 30.5 Å². The van der Waals surface area contributed by atoms with E-state index in [0.29, 0.717) is 11.1 Å². The molecular weight excluding hydrogens is 1020 g/mol. The zero-order chi connectivity index (χ0) is 54.8.